The van der Waals surface area contributed by atoms with Gasteiger partial charge in [0.1, 0.15) is 10.5 Å². The molecule has 0 aromatic heterocycles. The van der Waals surface area contributed by atoms with E-state index >= 15 is 0 Å². The minimum atomic E-state index is -0.807. The molecule has 1 heterocycles. The lowest BCUT2D eigenvalue weighted by atomic mass is 9.98. The molecule has 1 amide bonds. The third-order valence-electron chi connectivity index (χ3n) is 2.41. The highest BCUT2D eigenvalue weighted by molar-refractivity contribution is 6.25. The van der Waals surface area contributed by atoms with Crippen LogP contribution in [0.25, 0.3) is 0 Å². The van der Waals surface area contributed by atoms with Crippen LogP contribution in [-0.2, 0) is 4.74 Å². The maximum Gasteiger partial charge on any atom is 0.410 e. The maximum absolute atomic E-state index is 11.7. The summed E-state index contributed by atoms with van der Waals surface area (Å²) in [7, 11) is 0. The molecule has 4 nitrogen and oxygen atoms in total. The van der Waals surface area contributed by atoms with E-state index in [-0.39, 0.29) is 6.09 Å². The van der Waals surface area contributed by atoms with E-state index in [9.17, 15) is 4.79 Å². The van der Waals surface area contributed by atoms with Gasteiger partial charge in [-0.1, -0.05) is 0 Å². The summed E-state index contributed by atoms with van der Waals surface area (Å²) < 4.78 is 5.24. The second-order valence-corrected chi connectivity index (χ2v) is 5.77. The Kier molecular flexibility index (Phi) is 3.69. The van der Waals surface area contributed by atoms with Crippen molar-refractivity contribution in [1.29, 1.82) is 5.26 Å². The van der Waals surface area contributed by atoms with Gasteiger partial charge in [0.2, 0.25) is 0 Å². The van der Waals surface area contributed by atoms with Crippen LogP contribution in [0.4, 0.5) is 4.79 Å². The summed E-state index contributed by atoms with van der Waals surface area (Å²) in [6, 6.07) is 2.07. The van der Waals surface area contributed by atoms with Crippen molar-refractivity contribution >= 4 is 17.7 Å². The fraction of sp³-hybridized carbons (Fsp3) is 0.818. The quantitative estimate of drug-likeness (QED) is 0.616. The smallest absolute Gasteiger partial charge is 0.410 e. The summed E-state index contributed by atoms with van der Waals surface area (Å²) in [4.78, 5) is 12.5. The van der Waals surface area contributed by atoms with Gasteiger partial charge in [0.15, 0.2) is 0 Å². The van der Waals surface area contributed by atoms with Gasteiger partial charge in [-0.25, -0.2) is 4.79 Å². The summed E-state index contributed by atoms with van der Waals surface area (Å²) >= 11 is 6.02. The normalized spacial score (nSPS) is 20.1. The summed E-state index contributed by atoms with van der Waals surface area (Å²) in [6.45, 7) is 6.44. The molecule has 0 aliphatic carbocycles. The lowest BCUT2D eigenvalue weighted by molar-refractivity contribution is 0.0207. The molecule has 1 aliphatic heterocycles. The molecule has 0 aromatic rings. The van der Waals surface area contributed by atoms with Gasteiger partial charge in [-0.15, -0.1) is 11.6 Å². The molecule has 1 aliphatic rings. The Morgan fingerprint density at radius 3 is 2.31 bits per heavy atom. The predicted molar refractivity (Wildman–Crippen MR) is 61.2 cm³/mol. The molecular weight excluding hydrogens is 228 g/mol. The molecule has 0 spiro atoms. The SMILES string of the molecule is CC(C)(C)OC(=O)N1CCC(Cl)(C#N)CC1. The number of hydrogen-bond donors (Lipinski definition) is 0. The van der Waals surface area contributed by atoms with Crippen molar-refractivity contribution in [3.63, 3.8) is 0 Å². The van der Waals surface area contributed by atoms with Crippen LogP contribution in [0.3, 0.4) is 0 Å². The zero-order chi connectivity index (χ0) is 12.4. The molecule has 0 N–H and O–H groups in total. The zero-order valence-corrected chi connectivity index (χ0v) is 10.7. The zero-order valence-electron chi connectivity index (χ0n) is 9.92. The third-order valence-corrected chi connectivity index (χ3v) is 2.87. The first-order chi connectivity index (χ1) is 7.26. The topological polar surface area (TPSA) is 53.3 Å². The number of hydrogen-bond acceptors (Lipinski definition) is 3. The maximum atomic E-state index is 11.7. The number of carbonyl (C=O) groups is 1. The minimum Gasteiger partial charge on any atom is -0.444 e. The summed E-state index contributed by atoms with van der Waals surface area (Å²) in [5, 5.41) is 8.84. The van der Waals surface area contributed by atoms with Gasteiger partial charge in [-0.3, -0.25) is 0 Å². The van der Waals surface area contributed by atoms with Crippen LogP contribution < -0.4 is 0 Å². The molecule has 0 atom stereocenters. The number of ether oxygens (including phenoxy) is 1. The Labute approximate surface area is 101 Å². The highest BCUT2D eigenvalue weighted by atomic mass is 35.5. The fourth-order valence-corrected chi connectivity index (χ4v) is 1.65. The van der Waals surface area contributed by atoms with Crippen LogP contribution >= 0.6 is 11.6 Å². The van der Waals surface area contributed by atoms with Gasteiger partial charge < -0.3 is 9.64 Å². The molecule has 0 bridgehead atoms. The Balaban J connectivity index is 2.49. The molecule has 0 aromatic carbocycles. The number of nitrogens with zero attached hydrogens (tertiary/aromatic N) is 2. The molecule has 5 heteroatoms. The Hall–Kier alpha value is -0.950. The molecule has 0 unspecified atom stereocenters. The number of amides is 1. The lowest BCUT2D eigenvalue weighted by Gasteiger charge is -2.34. The van der Waals surface area contributed by atoms with Gasteiger partial charge in [0.25, 0.3) is 0 Å². The highest BCUT2D eigenvalue weighted by Crippen LogP contribution is 2.28. The first kappa shape index (κ1) is 13.1. The van der Waals surface area contributed by atoms with Crippen molar-refractivity contribution in [2.24, 2.45) is 0 Å². The van der Waals surface area contributed by atoms with E-state index in [0.29, 0.717) is 25.9 Å². The van der Waals surface area contributed by atoms with Crippen molar-refractivity contribution in [1.82, 2.24) is 4.90 Å². The number of piperidine rings is 1. The molecule has 1 fully saturated rings. The molecule has 1 saturated heterocycles. The van der Waals surface area contributed by atoms with Gasteiger partial charge in [-0.2, -0.15) is 5.26 Å². The van der Waals surface area contributed by atoms with E-state index in [1.54, 1.807) is 4.90 Å². The second kappa shape index (κ2) is 4.50. The molecule has 1 rings (SSSR count). The van der Waals surface area contributed by atoms with E-state index in [1.165, 1.54) is 0 Å². The van der Waals surface area contributed by atoms with Crippen molar-refractivity contribution in [3.8, 4) is 6.07 Å². The van der Waals surface area contributed by atoms with Crippen LogP contribution in [0.15, 0.2) is 0 Å². The number of alkyl halides is 1. The summed E-state index contributed by atoms with van der Waals surface area (Å²) in [6.07, 6.45) is 0.651. The first-order valence-corrected chi connectivity index (χ1v) is 5.72. The van der Waals surface area contributed by atoms with Crippen molar-refractivity contribution in [2.45, 2.75) is 44.1 Å². The van der Waals surface area contributed by atoms with Crippen LogP contribution in [0.1, 0.15) is 33.6 Å². The first-order valence-electron chi connectivity index (χ1n) is 5.34. The highest BCUT2D eigenvalue weighted by Gasteiger charge is 2.35. The number of nitriles is 1. The average Bonchev–Trinajstić information content (AvgIpc) is 2.16. The van der Waals surface area contributed by atoms with Gasteiger partial charge >= 0.3 is 6.09 Å². The lowest BCUT2D eigenvalue weighted by Crippen LogP contribution is -2.45. The van der Waals surface area contributed by atoms with Crippen LogP contribution in [0, 0.1) is 11.3 Å². The minimum absolute atomic E-state index is 0.329. The standard InChI is InChI=1S/C11H17ClN2O2/c1-10(2,3)16-9(15)14-6-4-11(12,8-13)5-7-14/h4-7H2,1-3H3. The Bertz CT molecular complexity index is 309. The fourth-order valence-electron chi connectivity index (χ4n) is 1.48. The monoisotopic (exact) mass is 244 g/mol. The second-order valence-electron chi connectivity index (χ2n) is 5.04. The number of rotatable bonds is 0. The number of halogens is 1. The summed E-state index contributed by atoms with van der Waals surface area (Å²) in [5.41, 5.74) is -0.484. The van der Waals surface area contributed by atoms with Gasteiger partial charge in [0.05, 0.1) is 6.07 Å². The average molecular weight is 245 g/mol. The third kappa shape index (κ3) is 3.57. The number of likely N-dealkylation sites (tertiary alicyclic amines) is 1. The van der Waals surface area contributed by atoms with E-state index < -0.39 is 10.5 Å². The molecule has 90 valence electrons. The largest absolute Gasteiger partial charge is 0.444 e. The molecular formula is C11H17ClN2O2. The van der Waals surface area contributed by atoms with Crippen molar-refractivity contribution in [2.75, 3.05) is 13.1 Å². The Morgan fingerprint density at radius 2 is 1.94 bits per heavy atom. The van der Waals surface area contributed by atoms with E-state index in [0.717, 1.165) is 0 Å². The van der Waals surface area contributed by atoms with Crippen molar-refractivity contribution < 1.29 is 9.53 Å². The Morgan fingerprint density at radius 1 is 1.44 bits per heavy atom. The van der Waals surface area contributed by atoms with E-state index in [4.69, 9.17) is 21.6 Å². The number of carbonyl (C=O) groups excluding carboxylic acids is 1. The molecule has 0 saturated carbocycles. The van der Waals surface area contributed by atoms with Crippen LogP contribution in [0.5, 0.6) is 0 Å². The van der Waals surface area contributed by atoms with Crippen molar-refractivity contribution in [3.05, 3.63) is 0 Å². The van der Waals surface area contributed by atoms with Gasteiger partial charge in [-0.05, 0) is 33.6 Å². The molecule has 0 radical (unpaired) electrons. The molecule has 16 heavy (non-hydrogen) atoms. The van der Waals surface area contributed by atoms with E-state index in [2.05, 4.69) is 6.07 Å². The summed E-state index contributed by atoms with van der Waals surface area (Å²) in [5.74, 6) is 0. The predicted octanol–water partition coefficient (Wildman–Crippen LogP) is 2.52. The van der Waals surface area contributed by atoms with Gasteiger partial charge in [0, 0.05) is 13.1 Å². The van der Waals surface area contributed by atoms with Crippen LogP contribution in [0.2, 0.25) is 0 Å². The van der Waals surface area contributed by atoms with E-state index in [1.807, 2.05) is 20.8 Å². The van der Waals surface area contributed by atoms with Crippen LogP contribution in [-0.4, -0.2) is 34.6 Å².